The minimum atomic E-state index is -0.522. The van der Waals surface area contributed by atoms with Gasteiger partial charge in [0.15, 0.2) is 0 Å². The van der Waals surface area contributed by atoms with Crippen LogP contribution in [0, 0.1) is 0 Å². The zero-order valence-electron chi connectivity index (χ0n) is 14.3. The normalized spacial score (nSPS) is 10.7. The summed E-state index contributed by atoms with van der Waals surface area (Å²) in [6, 6.07) is 14.2. The molecule has 0 aliphatic rings. The number of hydrogen-bond acceptors (Lipinski definition) is 4. The summed E-state index contributed by atoms with van der Waals surface area (Å²) in [5.74, 6) is 0.508. The number of aromatic nitrogens is 2. The smallest absolute Gasteiger partial charge is 0.328 e. The van der Waals surface area contributed by atoms with E-state index in [1.165, 1.54) is 4.57 Å². The number of carbonyl (C=O) groups excluding carboxylic acids is 1. The van der Waals surface area contributed by atoms with Crippen LogP contribution in [-0.2, 0) is 17.9 Å². The third-order valence-corrected chi connectivity index (χ3v) is 4.14. The van der Waals surface area contributed by atoms with Crippen LogP contribution in [0.2, 0.25) is 0 Å². The summed E-state index contributed by atoms with van der Waals surface area (Å²) >= 11 is 0. The Morgan fingerprint density at radius 2 is 1.85 bits per heavy atom. The van der Waals surface area contributed by atoms with Crippen molar-refractivity contribution in [1.29, 1.82) is 0 Å². The number of nitrogens with zero attached hydrogens (tertiary/aromatic N) is 1. The highest BCUT2D eigenvalue weighted by atomic mass is 16.5. The molecule has 1 heterocycles. The summed E-state index contributed by atoms with van der Waals surface area (Å²) in [7, 11) is 1.58. The van der Waals surface area contributed by atoms with Crippen LogP contribution < -0.4 is 21.3 Å². The molecule has 0 atom stereocenters. The highest BCUT2D eigenvalue weighted by Crippen LogP contribution is 2.16. The molecular formula is C19H19N3O4. The van der Waals surface area contributed by atoms with Gasteiger partial charge in [-0.3, -0.25) is 19.1 Å². The maximum Gasteiger partial charge on any atom is 0.328 e. The number of amides is 1. The Bertz CT molecular complexity index is 1050. The minimum absolute atomic E-state index is 0.116. The van der Waals surface area contributed by atoms with Crippen LogP contribution in [0.1, 0.15) is 12.0 Å². The van der Waals surface area contributed by atoms with Gasteiger partial charge in [-0.05, 0) is 18.2 Å². The lowest BCUT2D eigenvalue weighted by atomic mass is 10.2. The number of hydrogen-bond donors (Lipinski definition) is 2. The Labute approximate surface area is 149 Å². The lowest BCUT2D eigenvalue weighted by molar-refractivity contribution is -0.121. The van der Waals surface area contributed by atoms with E-state index in [0.29, 0.717) is 23.2 Å². The number of benzene rings is 2. The molecule has 3 rings (SSSR count). The number of para-hydroxylation sites is 2. The molecular weight excluding hydrogens is 334 g/mol. The number of methoxy groups -OCH3 is 1. The Hall–Kier alpha value is -3.35. The van der Waals surface area contributed by atoms with Crippen LogP contribution in [-0.4, -0.2) is 22.6 Å². The standard InChI is InChI=1S/C19H19N3O4/c1-26-16-9-5-2-6-13(16)12-20-17(23)10-11-22-15-8-4-3-7-14(15)18(24)21-19(22)25/h2-9H,10-12H2,1H3,(H,20,23)(H,21,24,25). The van der Waals surface area contributed by atoms with Crippen LogP contribution in [0.25, 0.3) is 10.9 Å². The van der Waals surface area contributed by atoms with Crippen molar-refractivity contribution in [3.8, 4) is 5.75 Å². The first-order valence-corrected chi connectivity index (χ1v) is 8.20. The van der Waals surface area contributed by atoms with Crippen molar-refractivity contribution < 1.29 is 9.53 Å². The van der Waals surface area contributed by atoms with E-state index in [0.717, 1.165) is 5.56 Å². The number of aryl methyl sites for hydroxylation is 1. The second-order valence-corrected chi connectivity index (χ2v) is 5.77. The largest absolute Gasteiger partial charge is 0.496 e. The van der Waals surface area contributed by atoms with Crippen molar-refractivity contribution in [2.75, 3.05) is 7.11 Å². The second kappa shape index (κ2) is 7.69. The molecule has 7 nitrogen and oxygen atoms in total. The van der Waals surface area contributed by atoms with Crippen LogP contribution in [0.3, 0.4) is 0 Å². The van der Waals surface area contributed by atoms with Crippen molar-refractivity contribution in [2.45, 2.75) is 19.5 Å². The van der Waals surface area contributed by atoms with Gasteiger partial charge in [0.25, 0.3) is 5.56 Å². The van der Waals surface area contributed by atoms with E-state index in [-0.39, 0.29) is 18.9 Å². The van der Waals surface area contributed by atoms with E-state index in [9.17, 15) is 14.4 Å². The number of ether oxygens (including phenoxy) is 1. The SMILES string of the molecule is COc1ccccc1CNC(=O)CCn1c(=O)[nH]c(=O)c2ccccc21. The van der Waals surface area contributed by atoms with Crippen molar-refractivity contribution >= 4 is 16.8 Å². The lowest BCUT2D eigenvalue weighted by Crippen LogP contribution is -2.32. The van der Waals surface area contributed by atoms with Crippen LogP contribution in [0.4, 0.5) is 0 Å². The Kier molecular flexibility index (Phi) is 5.17. The molecule has 26 heavy (non-hydrogen) atoms. The topological polar surface area (TPSA) is 93.2 Å². The summed E-state index contributed by atoms with van der Waals surface area (Å²) in [6.45, 7) is 0.512. The van der Waals surface area contributed by atoms with Crippen molar-refractivity contribution in [3.63, 3.8) is 0 Å². The molecule has 1 aromatic heterocycles. The molecule has 0 aliphatic carbocycles. The number of carbonyl (C=O) groups is 1. The third-order valence-electron chi connectivity index (χ3n) is 4.14. The molecule has 0 unspecified atom stereocenters. The van der Waals surface area contributed by atoms with Crippen LogP contribution >= 0.6 is 0 Å². The Morgan fingerprint density at radius 1 is 1.12 bits per heavy atom. The molecule has 0 spiro atoms. The predicted molar refractivity (Wildman–Crippen MR) is 98.3 cm³/mol. The maximum atomic E-state index is 12.2. The Morgan fingerprint density at radius 3 is 2.65 bits per heavy atom. The first kappa shape index (κ1) is 17.5. The Balaban J connectivity index is 1.70. The number of rotatable bonds is 6. The van der Waals surface area contributed by atoms with Crippen LogP contribution in [0.5, 0.6) is 5.75 Å². The molecule has 2 N–H and O–H groups in total. The summed E-state index contributed by atoms with van der Waals surface area (Å²) in [5, 5.41) is 3.23. The minimum Gasteiger partial charge on any atom is -0.496 e. The first-order chi connectivity index (χ1) is 12.6. The third kappa shape index (κ3) is 3.66. The van der Waals surface area contributed by atoms with Crippen molar-refractivity contribution in [2.24, 2.45) is 0 Å². The van der Waals surface area contributed by atoms with Gasteiger partial charge >= 0.3 is 5.69 Å². The predicted octanol–water partition coefficient (Wildman–Crippen LogP) is 1.40. The van der Waals surface area contributed by atoms with Gasteiger partial charge in [0, 0.05) is 25.1 Å². The number of aromatic amines is 1. The monoisotopic (exact) mass is 353 g/mol. The molecule has 7 heteroatoms. The fourth-order valence-corrected chi connectivity index (χ4v) is 2.81. The fraction of sp³-hybridized carbons (Fsp3) is 0.211. The molecule has 0 saturated carbocycles. The molecule has 0 saturated heterocycles. The van der Waals surface area contributed by atoms with E-state index >= 15 is 0 Å². The molecule has 0 bridgehead atoms. The molecule has 134 valence electrons. The molecule has 2 aromatic carbocycles. The van der Waals surface area contributed by atoms with Gasteiger partial charge < -0.3 is 10.1 Å². The number of fused-ring (bicyclic) bond motifs is 1. The van der Waals surface area contributed by atoms with Crippen molar-refractivity contribution in [1.82, 2.24) is 14.9 Å². The van der Waals surface area contributed by atoms with Gasteiger partial charge in [-0.2, -0.15) is 0 Å². The van der Waals surface area contributed by atoms with Gasteiger partial charge in [-0.15, -0.1) is 0 Å². The second-order valence-electron chi connectivity index (χ2n) is 5.77. The summed E-state index contributed by atoms with van der Waals surface area (Å²) in [4.78, 5) is 38.4. The molecule has 3 aromatic rings. The highest BCUT2D eigenvalue weighted by molar-refractivity contribution is 5.78. The summed E-state index contributed by atoms with van der Waals surface area (Å²) in [6.07, 6.45) is 0.116. The van der Waals surface area contributed by atoms with E-state index in [1.807, 2.05) is 24.3 Å². The average Bonchev–Trinajstić information content (AvgIpc) is 2.66. The van der Waals surface area contributed by atoms with Gasteiger partial charge in [0.2, 0.25) is 5.91 Å². The zero-order chi connectivity index (χ0) is 18.5. The molecule has 0 fully saturated rings. The van der Waals surface area contributed by atoms with E-state index in [2.05, 4.69) is 10.3 Å². The van der Waals surface area contributed by atoms with Crippen LogP contribution in [0.15, 0.2) is 58.1 Å². The molecule has 0 aliphatic heterocycles. The zero-order valence-corrected chi connectivity index (χ0v) is 14.3. The van der Waals surface area contributed by atoms with Gasteiger partial charge in [0.05, 0.1) is 18.0 Å². The van der Waals surface area contributed by atoms with E-state index in [1.54, 1.807) is 31.4 Å². The van der Waals surface area contributed by atoms with E-state index < -0.39 is 11.2 Å². The first-order valence-electron chi connectivity index (χ1n) is 8.20. The summed E-state index contributed by atoms with van der Waals surface area (Å²) in [5.41, 5.74) is 0.433. The van der Waals surface area contributed by atoms with Gasteiger partial charge in [0.1, 0.15) is 5.75 Å². The van der Waals surface area contributed by atoms with Gasteiger partial charge in [-0.25, -0.2) is 4.79 Å². The van der Waals surface area contributed by atoms with E-state index in [4.69, 9.17) is 4.74 Å². The quantitative estimate of drug-likeness (QED) is 0.701. The number of nitrogens with one attached hydrogen (secondary N) is 2. The highest BCUT2D eigenvalue weighted by Gasteiger charge is 2.09. The fourth-order valence-electron chi connectivity index (χ4n) is 2.81. The van der Waals surface area contributed by atoms with Gasteiger partial charge in [-0.1, -0.05) is 30.3 Å². The lowest BCUT2D eigenvalue weighted by Gasteiger charge is -2.11. The summed E-state index contributed by atoms with van der Waals surface area (Å²) < 4.78 is 6.65. The number of H-pyrrole nitrogens is 1. The molecule has 0 radical (unpaired) electrons. The average molecular weight is 353 g/mol. The maximum absolute atomic E-state index is 12.2. The van der Waals surface area contributed by atoms with Crippen molar-refractivity contribution in [3.05, 3.63) is 74.9 Å². The molecule has 1 amide bonds.